The maximum absolute atomic E-state index is 6.08. The average Bonchev–Trinajstić information content (AvgIpc) is 2.38. The molecule has 18 heavy (non-hydrogen) atoms. The van der Waals surface area contributed by atoms with Crippen LogP contribution in [-0.2, 0) is 11.3 Å². The molecule has 0 radical (unpaired) electrons. The average molecular weight is 288 g/mol. The fourth-order valence-corrected chi connectivity index (χ4v) is 2.68. The van der Waals surface area contributed by atoms with E-state index in [0.717, 1.165) is 25.1 Å². The molecule has 1 fully saturated rings. The number of piperidine rings is 1. The predicted molar refractivity (Wildman–Crippen MR) is 76.4 cm³/mol. The highest BCUT2D eigenvalue weighted by Crippen LogP contribution is 2.21. The largest absolute Gasteiger partial charge is 0.377 e. The highest BCUT2D eigenvalue weighted by Gasteiger charge is 2.11. The lowest BCUT2D eigenvalue weighted by Gasteiger charge is -2.23. The van der Waals surface area contributed by atoms with Crippen molar-refractivity contribution in [2.24, 2.45) is 0 Å². The van der Waals surface area contributed by atoms with Crippen LogP contribution in [-0.4, -0.2) is 19.2 Å². The van der Waals surface area contributed by atoms with E-state index in [9.17, 15) is 0 Å². The monoisotopic (exact) mass is 287 g/mol. The topological polar surface area (TPSA) is 21.3 Å². The van der Waals surface area contributed by atoms with Crippen molar-refractivity contribution in [1.82, 2.24) is 5.32 Å². The first-order valence-electron chi connectivity index (χ1n) is 6.51. The Morgan fingerprint density at radius 3 is 2.89 bits per heavy atom. The van der Waals surface area contributed by atoms with Crippen molar-refractivity contribution in [3.8, 4) is 0 Å². The molecule has 1 aliphatic heterocycles. The first kappa shape index (κ1) is 14.1. The van der Waals surface area contributed by atoms with E-state index in [1.807, 2.05) is 12.1 Å². The van der Waals surface area contributed by atoms with Gasteiger partial charge in [-0.3, -0.25) is 0 Å². The van der Waals surface area contributed by atoms with Gasteiger partial charge >= 0.3 is 0 Å². The van der Waals surface area contributed by atoms with Crippen molar-refractivity contribution in [3.05, 3.63) is 33.8 Å². The van der Waals surface area contributed by atoms with Gasteiger partial charge < -0.3 is 10.1 Å². The molecule has 0 bridgehead atoms. The normalized spacial score (nSPS) is 20.0. The number of hydrogen-bond acceptors (Lipinski definition) is 2. The Morgan fingerprint density at radius 1 is 1.28 bits per heavy atom. The summed E-state index contributed by atoms with van der Waals surface area (Å²) < 4.78 is 5.68. The van der Waals surface area contributed by atoms with Crippen LogP contribution in [0.5, 0.6) is 0 Å². The molecule has 1 unspecified atom stereocenters. The number of nitrogens with one attached hydrogen (secondary N) is 1. The quantitative estimate of drug-likeness (QED) is 0.826. The minimum absolute atomic E-state index is 0.558. The molecule has 0 spiro atoms. The minimum Gasteiger partial charge on any atom is -0.377 e. The van der Waals surface area contributed by atoms with Crippen LogP contribution >= 0.6 is 23.2 Å². The molecule has 1 aromatic carbocycles. The van der Waals surface area contributed by atoms with Gasteiger partial charge in [0.2, 0.25) is 0 Å². The SMILES string of the molecule is Clc1ccc(COCCC2CCCCN2)c(Cl)c1. The Hall–Kier alpha value is -0.280. The summed E-state index contributed by atoms with van der Waals surface area (Å²) in [7, 11) is 0. The second-order valence-electron chi connectivity index (χ2n) is 4.72. The standard InChI is InChI=1S/C14H19Cl2NO/c15-12-5-4-11(14(16)9-12)10-18-8-6-13-3-1-2-7-17-13/h4-5,9,13,17H,1-3,6-8,10H2. The van der Waals surface area contributed by atoms with Gasteiger partial charge in [-0.15, -0.1) is 0 Å². The molecule has 1 heterocycles. The third kappa shape index (κ3) is 4.43. The maximum Gasteiger partial charge on any atom is 0.0731 e. The van der Waals surface area contributed by atoms with Gasteiger partial charge in [0.25, 0.3) is 0 Å². The van der Waals surface area contributed by atoms with Gasteiger partial charge in [0.05, 0.1) is 6.61 Å². The zero-order chi connectivity index (χ0) is 12.8. The van der Waals surface area contributed by atoms with Crippen LogP contribution in [0.25, 0.3) is 0 Å². The van der Waals surface area contributed by atoms with E-state index in [-0.39, 0.29) is 0 Å². The fraction of sp³-hybridized carbons (Fsp3) is 0.571. The lowest BCUT2D eigenvalue weighted by molar-refractivity contribution is 0.108. The van der Waals surface area contributed by atoms with Gasteiger partial charge in [-0.2, -0.15) is 0 Å². The lowest BCUT2D eigenvalue weighted by atomic mass is 10.0. The van der Waals surface area contributed by atoms with Crippen molar-refractivity contribution in [2.75, 3.05) is 13.2 Å². The third-order valence-electron chi connectivity index (χ3n) is 3.30. The van der Waals surface area contributed by atoms with Crippen molar-refractivity contribution >= 4 is 23.2 Å². The first-order chi connectivity index (χ1) is 8.75. The molecule has 0 amide bonds. The summed E-state index contributed by atoms with van der Waals surface area (Å²) in [5.41, 5.74) is 0.998. The van der Waals surface area contributed by atoms with Crippen LogP contribution in [0.1, 0.15) is 31.2 Å². The van der Waals surface area contributed by atoms with Crippen LogP contribution in [0.15, 0.2) is 18.2 Å². The first-order valence-corrected chi connectivity index (χ1v) is 7.26. The molecular formula is C14H19Cl2NO. The van der Waals surface area contributed by atoms with Gasteiger partial charge in [0.15, 0.2) is 0 Å². The summed E-state index contributed by atoms with van der Waals surface area (Å²) >= 11 is 11.9. The highest BCUT2D eigenvalue weighted by atomic mass is 35.5. The number of hydrogen-bond donors (Lipinski definition) is 1. The molecule has 1 atom stereocenters. The molecule has 2 nitrogen and oxygen atoms in total. The maximum atomic E-state index is 6.08. The van der Waals surface area contributed by atoms with Gasteiger partial charge in [-0.1, -0.05) is 35.7 Å². The minimum atomic E-state index is 0.558. The number of rotatable bonds is 5. The molecule has 1 aromatic rings. The van der Waals surface area contributed by atoms with E-state index in [1.165, 1.54) is 19.3 Å². The van der Waals surface area contributed by atoms with E-state index >= 15 is 0 Å². The Balaban J connectivity index is 1.68. The van der Waals surface area contributed by atoms with E-state index in [1.54, 1.807) is 6.07 Å². The molecule has 1 saturated heterocycles. The Kier molecular flexibility index (Phi) is 5.77. The summed E-state index contributed by atoms with van der Waals surface area (Å²) in [4.78, 5) is 0. The molecule has 100 valence electrons. The van der Waals surface area contributed by atoms with Gasteiger partial charge in [0.1, 0.15) is 0 Å². The zero-order valence-corrected chi connectivity index (χ0v) is 11.9. The smallest absolute Gasteiger partial charge is 0.0731 e. The fourth-order valence-electron chi connectivity index (χ4n) is 2.22. The second kappa shape index (κ2) is 7.34. The summed E-state index contributed by atoms with van der Waals surface area (Å²) in [5.74, 6) is 0. The molecule has 1 N–H and O–H groups in total. The molecular weight excluding hydrogens is 269 g/mol. The Morgan fingerprint density at radius 2 is 2.17 bits per heavy atom. The third-order valence-corrected chi connectivity index (χ3v) is 3.88. The lowest BCUT2D eigenvalue weighted by Crippen LogP contribution is -2.34. The van der Waals surface area contributed by atoms with Crippen LogP contribution in [0.4, 0.5) is 0 Å². The van der Waals surface area contributed by atoms with Crippen molar-refractivity contribution in [3.63, 3.8) is 0 Å². The second-order valence-corrected chi connectivity index (χ2v) is 5.57. The van der Waals surface area contributed by atoms with E-state index < -0.39 is 0 Å². The summed E-state index contributed by atoms with van der Waals surface area (Å²) in [5, 5.41) is 4.85. The van der Waals surface area contributed by atoms with Crippen LogP contribution < -0.4 is 5.32 Å². The van der Waals surface area contributed by atoms with Crippen LogP contribution in [0.2, 0.25) is 10.0 Å². The van der Waals surface area contributed by atoms with E-state index in [0.29, 0.717) is 22.7 Å². The molecule has 0 aliphatic carbocycles. The summed E-state index contributed by atoms with van der Waals surface area (Å²) in [6.45, 7) is 2.48. The molecule has 2 rings (SSSR count). The predicted octanol–water partition coefficient (Wildman–Crippen LogP) is 4.04. The number of benzene rings is 1. The Labute approximate surface area is 119 Å². The molecule has 1 aliphatic rings. The highest BCUT2D eigenvalue weighted by molar-refractivity contribution is 6.35. The summed E-state index contributed by atoms with van der Waals surface area (Å²) in [6, 6.07) is 6.14. The van der Waals surface area contributed by atoms with Crippen molar-refractivity contribution < 1.29 is 4.74 Å². The van der Waals surface area contributed by atoms with Crippen LogP contribution in [0.3, 0.4) is 0 Å². The molecule has 0 saturated carbocycles. The number of halogens is 2. The van der Waals surface area contributed by atoms with Gasteiger partial charge in [0, 0.05) is 22.7 Å². The van der Waals surface area contributed by atoms with Crippen molar-refractivity contribution in [1.29, 1.82) is 0 Å². The zero-order valence-electron chi connectivity index (χ0n) is 10.4. The molecule has 4 heteroatoms. The number of ether oxygens (including phenoxy) is 1. The van der Waals surface area contributed by atoms with Gasteiger partial charge in [-0.25, -0.2) is 0 Å². The van der Waals surface area contributed by atoms with Crippen molar-refractivity contribution in [2.45, 2.75) is 38.3 Å². The summed E-state index contributed by atoms with van der Waals surface area (Å²) in [6.07, 6.45) is 4.98. The van der Waals surface area contributed by atoms with Crippen LogP contribution in [0, 0.1) is 0 Å². The Bertz CT molecular complexity index is 378. The van der Waals surface area contributed by atoms with E-state index in [4.69, 9.17) is 27.9 Å². The van der Waals surface area contributed by atoms with Gasteiger partial charge in [-0.05, 0) is 43.5 Å². The molecule has 0 aromatic heterocycles. The van der Waals surface area contributed by atoms with E-state index in [2.05, 4.69) is 5.32 Å².